The van der Waals surface area contributed by atoms with E-state index in [0.29, 0.717) is 12.5 Å². The fourth-order valence-corrected chi connectivity index (χ4v) is 4.04. The molecule has 3 heterocycles. The first-order valence-corrected chi connectivity index (χ1v) is 9.76. The zero-order valence-electron chi connectivity index (χ0n) is 15.8. The Labute approximate surface area is 158 Å². The minimum absolute atomic E-state index is 0.0568. The molecule has 0 spiro atoms. The third-order valence-electron chi connectivity index (χ3n) is 4.69. The molecule has 7 nitrogen and oxygen atoms in total. The van der Waals surface area contributed by atoms with Crippen molar-refractivity contribution in [2.24, 2.45) is 0 Å². The third kappa shape index (κ3) is 4.56. The number of carbonyl (C=O) groups excluding carboxylic acids is 1. The molecule has 3 rings (SSSR count). The first-order valence-electron chi connectivity index (χ1n) is 8.94. The normalized spacial score (nSPS) is 17.9. The average Bonchev–Trinajstić information content (AvgIpc) is 2.92. The number of rotatable bonds is 5. The van der Waals surface area contributed by atoms with Crippen LogP contribution in [0.25, 0.3) is 0 Å². The maximum absolute atomic E-state index is 11.7. The first kappa shape index (κ1) is 18.7. The van der Waals surface area contributed by atoms with Crippen LogP contribution >= 0.6 is 11.3 Å². The third-order valence-corrected chi connectivity index (χ3v) is 5.68. The van der Waals surface area contributed by atoms with Gasteiger partial charge in [-0.25, -0.2) is 15.0 Å². The molecule has 0 radical (unpaired) electrons. The van der Waals surface area contributed by atoms with Crippen molar-refractivity contribution in [3.8, 4) is 0 Å². The van der Waals surface area contributed by atoms with Crippen molar-refractivity contribution in [3.05, 3.63) is 28.2 Å². The van der Waals surface area contributed by atoms with Crippen LogP contribution in [0.4, 0.5) is 10.9 Å². The molecular weight excluding hydrogens is 348 g/mol. The topological polar surface area (TPSA) is 83.0 Å². The molecule has 2 N–H and O–H groups in total. The van der Waals surface area contributed by atoms with Crippen molar-refractivity contribution in [1.29, 1.82) is 0 Å². The van der Waals surface area contributed by atoms with E-state index in [9.17, 15) is 4.79 Å². The van der Waals surface area contributed by atoms with Gasteiger partial charge >= 0.3 is 0 Å². The van der Waals surface area contributed by atoms with Gasteiger partial charge < -0.3 is 10.6 Å². The van der Waals surface area contributed by atoms with Gasteiger partial charge in [0.2, 0.25) is 5.91 Å². The number of aromatic nitrogens is 3. The highest BCUT2D eigenvalue weighted by Gasteiger charge is 2.24. The summed E-state index contributed by atoms with van der Waals surface area (Å²) in [6.07, 6.45) is 2.15. The monoisotopic (exact) mass is 374 g/mol. The Morgan fingerprint density at radius 3 is 2.81 bits per heavy atom. The number of piperidine rings is 1. The van der Waals surface area contributed by atoms with Gasteiger partial charge in [0.1, 0.15) is 11.6 Å². The number of amides is 1. The number of hydrogen-bond donors (Lipinski definition) is 2. The van der Waals surface area contributed by atoms with Gasteiger partial charge in [-0.1, -0.05) is 0 Å². The van der Waals surface area contributed by atoms with E-state index in [1.165, 1.54) is 4.88 Å². The Balaban J connectivity index is 1.75. The minimum Gasteiger partial charge on any atom is -0.358 e. The van der Waals surface area contributed by atoms with Gasteiger partial charge in [0, 0.05) is 30.5 Å². The molecule has 0 saturated carbocycles. The fraction of sp³-hybridized carbons (Fsp3) is 0.556. The maximum Gasteiger partial charge on any atom is 0.233 e. The highest BCUT2D eigenvalue weighted by Crippen LogP contribution is 2.29. The molecule has 2 aromatic heterocycles. The van der Waals surface area contributed by atoms with Crippen LogP contribution < -0.4 is 10.6 Å². The van der Waals surface area contributed by atoms with E-state index in [4.69, 9.17) is 0 Å². The van der Waals surface area contributed by atoms with Gasteiger partial charge in [0.05, 0.1) is 17.9 Å². The smallest absolute Gasteiger partial charge is 0.233 e. The molecule has 0 bridgehead atoms. The largest absolute Gasteiger partial charge is 0.358 e. The summed E-state index contributed by atoms with van der Waals surface area (Å²) >= 11 is 1.63. The summed E-state index contributed by atoms with van der Waals surface area (Å²) in [6.45, 7) is 8.24. The lowest BCUT2D eigenvalue weighted by molar-refractivity contribution is -0.122. The van der Waals surface area contributed by atoms with Gasteiger partial charge in [0.25, 0.3) is 0 Å². The lowest BCUT2D eigenvalue weighted by Gasteiger charge is -2.32. The second kappa shape index (κ2) is 8.09. The van der Waals surface area contributed by atoms with E-state index >= 15 is 0 Å². The predicted octanol–water partition coefficient (Wildman–Crippen LogP) is 2.53. The highest BCUT2D eigenvalue weighted by atomic mass is 32.1. The van der Waals surface area contributed by atoms with Crippen LogP contribution in [0, 0.1) is 20.8 Å². The van der Waals surface area contributed by atoms with Crippen LogP contribution in [0.2, 0.25) is 0 Å². The molecule has 1 aliphatic heterocycles. The molecule has 0 aromatic carbocycles. The number of likely N-dealkylation sites (tertiary alicyclic amines) is 1. The molecule has 1 atom stereocenters. The molecule has 1 amide bonds. The Kier molecular flexibility index (Phi) is 5.83. The predicted molar refractivity (Wildman–Crippen MR) is 104 cm³/mol. The molecule has 1 aliphatic rings. The summed E-state index contributed by atoms with van der Waals surface area (Å²) in [5.74, 6) is 1.90. The number of aryl methyl sites for hydroxylation is 3. The van der Waals surface area contributed by atoms with E-state index < -0.39 is 0 Å². The molecule has 1 fully saturated rings. The molecule has 1 unspecified atom stereocenters. The lowest BCUT2D eigenvalue weighted by atomic mass is 9.94. The number of carbonyl (C=O) groups is 1. The first-order chi connectivity index (χ1) is 12.4. The standard InChI is InChI=1S/C18H26N6OS/c1-11-12(2)26-18(20-11)23-16-8-15(21-13(3)22-16)14-6-5-7-24(9-14)10-17(25)19-4/h8,14H,5-7,9-10H2,1-4H3,(H,19,25)(H,20,21,22,23). The number of thiazole rings is 1. The van der Waals surface area contributed by atoms with Crippen molar-refractivity contribution < 1.29 is 4.79 Å². The Morgan fingerprint density at radius 1 is 1.31 bits per heavy atom. The van der Waals surface area contributed by atoms with Crippen LogP contribution in [0.1, 0.15) is 40.8 Å². The van der Waals surface area contributed by atoms with Gasteiger partial charge in [0.15, 0.2) is 5.13 Å². The summed E-state index contributed by atoms with van der Waals surface area (Å²) in [5.41, 5.74) is 2.08. The maximum atomic E-state index is 11.7. The van der Waals surface area contributed by atoms with Gasteiger partial charge in [-0.3, -0.25) is 9.69 Å². The molecule has 140 valence electrons. The van der Waals surface area contributed by atoms with Crippen LogP contribution in [-0.4, -0.2) is 52.4 Å². The summed E-state index contributed by atoms with van der Waals surface area (Å²) in [4.78, 5) is 28.8. The molecular formula is C18H26N6OS. The second-order valence-electron chi connectivity index (χ2n) is 6.76. The van der Waals surface area contributed by atoms with Crippen LogP contribution in [0.15, 0.2) is 6.07 Å². The quantitative estimate of drug-likeness (QED) is 0.837. The number of likely N-dealkylation sites (N-methyl/N-ethyl adjacent to an activating group) is 1. The number of nitrogens with one attached hydrogen (secondary N) is 2. The minimum atomic E-state index is 0.0568. The number of anilines is 2. The summed E-state index contributed by atoms with van der Waals surface area (Å²) in [5, 5.41) is 6.87. The van der Waals surface area contributed by atoms with Gasteiger partial charge in [-0.05, 0) is 40.2 Å². The Hall–Kier alpha value is -2.06. The molecule has 26 heavy (non-hydrogen) atoms. The number of hydrogen-bond acceptors (Lipinski definition) is 7. The van der Waals surface area contributed by atoms with Crippen molar-refractivity contribution >= 4 is 28.2 Å². The van der Waals surface area contributed by atoms with Crippen molar-refractivity contribution in [1.82, 2.24) is 25.2 Å². The van der Waals surface area contributed by atoms with Crippen LogP contribution in [0.3, 0.4) is 0 Å². The van der Waals surface area contributed by atoms with Crippen molar-refractivity contribution in [2.75, 3.05) is 32.0 Å². The molecule has 2 aromatic rings. The van der Waals surface area contributed by atoms with E-state index in [2.05, 4.69) is 37.4 Å². The molecule has 8 heteroatoms. The zero-order chi connectivity index (χ0) is 18.7. The van der Waals surface area contributed by atoms with Gasteiger partial charge in [-0.15, -0.1) is 11.3 Å². The summed E-state index contributed by atoms with van der Waals surface area (Å²) in [6, 6.07) is 2.02. The molecule has 1 saturated heterocycles. The van der Waals surface area contributed by atoms with Crippen molar-refractivity contribution in [3.63, 3.8) is 0 Å². The second-order valence-corrected chi connectivity index (χ2v) is 7.96. The average molecular weight is 375 g/mol. The summed E-state index contributed by atoms with van der Waals surface area (Å²) < 4.78 is 0. The Morgan fingerprint density at radius 2 is 2.12 bits per heavy atom. The SMILES string of the molecule is CNC(=O)CN1CCCC(c2cc(Nc3nc(C)c(C)s3)nc(C)n2)C1. The van der Waals surface area contributed by atoms with E-state index in [1.807, 2.05) is 19.9 Å². The molecule has 0 aliphatic carbocycles. The van der Waals surface area contributed by atoms with E-state index in [0.717, 1.165) is 54.1 Å². The summed E-state index contributed by atoms with van der Waals surface area (Å²) in [7, 11) is 1.68. The fourth-order valence-electron chi connectivity index (χ4n) is 3.22. The van der Waals surface area contributed by atoms with Gasteiger partial charge in [-0.2, -0.15) is 0 Å². The van der Waals surface area contributed by atoms with Crippen LogP contribution in [0.5, 0.6) is 0 Å². The zero-order valence-corrected chi connectivity index (χ0v) is 16.6. The van der Waals surface area contributed by atoms with E-state index in [-0.39, 0.29) is 5.91 Å². The van der Waals surface area contributed by atoms with Crippen molar-refractivity contribution in [2.45, 2.75) is 39.5 Å². The number of nitrogens with zero attached hydrogens (tertiary/aromatic N) is 4. The van der Waals surface area contributed by atoms with E-state index in [1.54, 1.807) is 18.4 Å². The van der Waals surface area contributed by atoms with Crippen LogP contribution in [-0.2, 0) is 4.79 Å². The Bertz CT molecular complexity index is 770. The highest BCUT2D eigenvalue weighted by molar-refractivity contribution is 7.15. The lowest BCUT2D eigenvalue weighted by Crippen LogP contribution is -2.41.